The second-order valence-electron chi connectivity index (χ2n) is 5.68. The van der Waals surface area contributed by atoms with E-state index in [4.69, 9.17) is 4.74 Å². The standard InChI is InChI=1S/C15H19F3N2O2/c1-10-7-20(8-11(2)22-10)9-14(21)19-13-6-4-3-5-12(13)15(16,17)18/h3-6,10-11H,7-9H2,1-2H3,(H,19,21)/p+1/t10-,11-/m0/s1. The minimum atomic E-state index is -4.49. The normalized spacial score (nSPS) is 25.8. The van der Waals surface area contributed by atoms with Crippen LogP contribution in [0.15, 0.2) is 24.3 Å². The monoisotopic (exact) mass is 317 g/mol. The van der Waals surface area contributed by atoms with Crippen molar-refractivity contribution in [1.82, 2.24) is 0 Å². The minimum Gasteiger partial charge on any atom is -0.364 e. The third-order valence-corrected chi connectivity index (χ3v) is 3.53. The van der Waals surface area contributed by atoms with E-state index in [-0.39, 0.29) is 24.4 Å². The van der Waals surface area contributed by atoms with Gasteiger partial charge < -0.3 is 15.0 Å². The number of amides is 1. The molecule has 1 saturated heterocycles. The Labute approximate surface area is 127 Å². The van der Waals surface area contributed by atoms with Gasteiger partial charge in [-0.15, -0.1) is 0 Å². The number of hydrogen-bond donors (Lipinski definition) is 2. The van der Waals surface area contributed by atoms with Crippen LogP contribution in [0.2, 0.25) is 0 Å². The van der Waals surface area contributed by atoms with Gasteiger partial charge in [0.15, 0.2) is 6.54 Å². The van der Waals surface area contributed by atoms with Gasteiger partial charge in [0, 0.05) is 0 Å². The van der Waals surface area contributed by atoms with Gasteiger partial charge in [-0.1, -0.05) is 12.1 Å². The van der Waals surface area contributed by atoms with E-state index in [1.54, 1.807) is 0 Å². The highest BCUT2D eigenvalue weighted by Crippen LogP contribution is 2.34. The van der Waals surface area contributed by atoms with Crippen molar-refractivity contribution in [2.45, 2.75) is 32.2 Å². The van der Waals surface area contributed by atoms with E-state index in [1.165, 1.54) is 18.2 Å². The summed E-state index contributed by atoms with van der Waals surface area (Å²) in [5.41, 5.74) is -1.03. The Morgan fingerprint density at radius 3 is 2.45 bits per heavy atom. The zero-order valence-corrected chi connectivity index (χ0v) is 12.5. The fourth-order valence-corrected chi connectivity index (χ4v) is 2.79. The summed E-state index contributed by atoms with van der Waals surface area (Å²) in [4.78, 5) is 13.0. The molecule has 1 aliphatic heterocycles. The Hall–Kier alpha value is -1.60. The van der Waals surface area contributed by atoms with E-state index in [1.807, 2.05) is 13.8 Å². The molecule has 1 heterocycles. The number of halogens is 3. The molecule has 2 N–H and O–H groups in total. The maximum absolute atomic E-state index is 12.9. The fourth-order valence-electron chi connectivity index (χ4n) is 2.79. The van der Waals surface area contributed by atoms with Crippen LogP contribution < -0.4 is 10.2 Å². The molecule has 1 fully saturated rings. The highest BCUT2D eigenvalue weighted by molar-refractivity contribution is 5.92. The number of benzene rings is 1. The second kappa shape index (κ2) is 6.66. The van der Waals surface area contributed by atoms with Crippen molar-refractivity contribution in [2.24, 2.45) is 0 Å². The average molecular weight is 317 g/mol. The van der Waals surface area contributed by atoms with Gasteiger partial charge in [-0.25, -0.2) is 0 Å². The molecule has 7 heteroatoms. The largest absolute Gasteiger partial charge is 0.418 e. The summed E-state index contributed by atoms with van der Waals surface area (Å²) in [5, 5.41) is 2.37. The van der Waals surface area contributed by atoms with E-state index < -0.39 is 17.6 Å². The Morgan fingerprint density at radius 2 is 1.86 bits per heavy atom. The summed E-state index contributed by atoms with van der Waals surface area (Å²) in [5.74, 6) is -0.423. The number of quaternary nitrogens is 1. The lowest BCUT2D eigenvalue weighted by Crippen LogP contribution is -3.16. The summed E-state index contributed by atoms with van der Waals surface area (Å²) in [7, 11) is 0. The fraction of sp³-hybridized carbons (Fsp3) is 0.533. The molecule has 0 unspecified atom stereocenters. The van der Waals surface area contributed by atoms with Gasteiger partial charge in [-0.3, -0.25) is 4.79 Å². The van der Waals surface area contributed by atoms with Gasteiger partial charge in [0.2, 0.25) is 0 Å². The van der Waals surface area contributed by atoms with Crippen molar-refractivity contribution in [3.05, 3.63) is 29.8 Å². The lowest BCUT2D eigenvalue weighted by molar-refractivity contribution is -0.907. The SMILES string of the molecule is C[C@H]1C[NH+](CC(=O)Nc2ccccc2C(F)(F)F)C[C@H](C)O1. The molecule has 0 radical (unpaired) electrons. The maximum Gasteiger partial charge on any atom is 0.418 e. The zero-order valence-electron chi connectivity index (χ0n) is 12.5. The van der Waals surface area contributed by atoms with Crippen molar-refractivity contribution in [3.8, 4) is 0 Å². The molecular formula is C15H20F3N2O2+. The molecule has 1 aromatic rings. The number of carbonyl (C=O) groups excluding carboxylic acids is 1. The van der Waals surface area contributed by atoms with Crippen LogP contribution in [0, 0.1) is 0 Å². The first-order chi connectivity index (χ1) is 10.3. The molecule has 0 aliphatic carbocycles. The molecule has 122 valence electrons. The summed E-state index contributed by atoms with van der Waals surface area (Å²) in [6.45, 7) is 5.31. The number of ether oxygens (including phenoxy) is 1. The molecule has 1 aromatic carbocycles. The summed E-state index contributed by atoms with van der Waals surface area (Å²) < 4.78 is 44.2. The van der Waals surface area contributed by atoms with Gasteiger partial charge in [0.1, 0.15) is 25.3 Å². The molecule has 2 rings (SSSR count). The van der Waals surface area contributed by atoms with Gasteiger partial charge >= 0.3 is 6.18 Å². The lowest BCUT2D eigenvalue weighted by atomic mass is 10.1. The first-order valence-corrected chi connectivity index (χ1v) is 7.21. The average Bonchev–Trinajstić information content (AvgIpc) is 2.36. The Bertz CT molecular complexity index is 524. The van der Waals surface area contributed by atoms with Gasteiger partial charge in [-0.2, -0.15) is 13.2 Å². The highest BCUT2D eigenvalue weighted by atomic mass is 19.4. The van der Waals surface area contributed by atoms with Gasteiger partial charge in [0.05, 0.1) is 11.3 Å². The van der Waals surface area contributed by atoms with E-state index in [0.29, 0.717) is 13.1 Å². The maximum atomic E-state index is 12.9. The van der Waals surface area contributed by atoms with Gasteiger partial charge in [-0.05, 0) is 26.0 Å². The molecule has 0 saturated carbocycles. The quantitative estimate of drug-likeness (QED) is 0.883. The number of hydrogen-bond acceptors (Lipinski definition) is 2. The van der Waals surface area contributed by atoms with Crippen LogP contribution in [0.4, 0.5) is 18.9 Å². The molecule has 0 bridgehead atoms. The van der Waals surface area contributed by atoms with Crippen LogP contribution in [-0.2, 0) is 15.7 Å². The molecule has 22 heavy (non-hydrogen) atoms. The lowest BCUT2D eigenvalue weighted by Gasteiger charge is -2.32. The first kappa shape index (κ1) is 16.8. The van der Waals surface area contributed by atoms with Crippen LogP contribution in [0.3, 0.4) is 0 Å². The summed E-state index contributed by atoms with van der Waals surface area (Å²) in [6.07, 6.45) is -4.42. The molecule has 1 aliphatic rings. The van der Waals surface area contributed by atoms with Gasteiger partial charge in [0.25, 0.3) is 5.91 Å². The van der Waals surface area contributed by atoms with E-state index in [9.17, 15) is 18.0 Å². The first-order valence-electron chi connectivity index (χ1n) is 7.21. The molecule has 2 atom stereocenters. The molecule has 0 spiro atoms. The number of nitrogens with one attached hydrogen (secondary N) is 2. The topological polar surface area (TPSA) is 42.8 Å². The van der Waals surface area contributed by atoms with E-state index in [0.717, 1.165) is 11.0 Å². The molecular weight excluding hydrogens is 297 g/mol. The minimum absolute atomic E-state index is 0.0361. The molecule has 0 aromatic heterocycles. The number of para-hydroxylation sites is 1. The van der Waals surface area contributed by atoms with Crippen LogP contribution in [-0.4, -0.2) is 37.7 Å². The van der Waals surface area contributed by atoms with Crippen LogP contribution in [0.5, 0.6) is 0 Å². The Morgan fingerprint density at radius 1 is 1.27 bits per heavy atom. The zero-order chi connectivity index (χ0) is 16.3. The van der Waals surface area contributed by atoms with Crippen LogP contribution >= 0.6 is 0 Å². The Kier molecular flexibility index (Phi) is 5.08. The number of morpholine rings is 1. The van der Waals surface area contributed by atoms with Crippen LogP contribution in [0.25, 0.3) is 0 Å². The Balaban J connectivity index is 2.01. The predicted molar refractivity (Wildman–Crippen MR) is 75.6 cm³/mol. The van der Waals surface area contributed by atoms with Crippen molar-refractivity contribution in [3.63, 3.8) is 0 Å². The molecule has 4 nitrogen and oxygen atoms in total. The number of carbonyl (C=O) groups is 1. The van der Waals surface area contributed by atoms with Crippen molar-refractivity contribution in [1.29, 1.82) is 0 Å². The van der Waals surface area contributed by atoms with Crippen molar-refractivity contribution >= 4 is 11.6 Å². The number of rotatable bonds is 3. The third-order valence-electron chi connectivity index (χ3n) is 3.53. The van der Waals surface area contributed by atoms with Crippen molar-refractivity contribution < 1.29 is 27.6 Å². The predicted octanol–water partition coefficient (Wildman–Crippen LogP) is 1.34. The van der Waals surface area contributed by atoms with E-state index in [2.05, 4.69) is 5.32 Å². The summed E-state index contributed by atoms with van der Waals surface area (Å²) >= 11 is 0. The molecule has 1 amide bonds. The summed E-state index contributed by atoms with van der Waals surface area (Å²) in [6, 6.07) is 4.99. The van der Waals surface area contributed by atoms with Crippen LogP contribution in [0.1, 0.15) is 19.4 Å². The van der Waals surface area contributed by atoms with E-state index >= 15 is 0 Å². The number of anilines is 1. The highest BCUT2D eigenvalue weighted by Gasteiger charge is 2.34. The smallest absolute Gasteiger partial charge is 0.364 e. The number of alkyl halides is 3. The third kappa shape index (κ3) is 4.45. The van der Waals surface area contributed by atoms with Crippen molar-refractivity contribution in [2.75, 3.05) is 25.0 Å². The second-order valence-corrected chi connectivity index (χ2v) is 5.68.